The van der Waals surface area contributed by atoms with E-state index in [1.165, 1.54) is 29.5 Å². The lowest BCUT2D eigenvalue weighted by Crippen LogP contribution is -2.35. The number of thiazole rings is 1. The summed E-state index contributed by atoms with van der Waals surface area (Å²) in [6, 6.07) is 4.63. The number of rotatable bonds is 2. The molecule has 0 bridgehead atoms. The highest BCUT2D eigenvalue weighted by atomic mass is 35.5. The van der Waals surface area contributed by atoms with Crippen LogP contribution in [-0.4, -0.2) is 14.5 Å². The maximum Gasteiger partial charge on any atom is 0.431 e. The third-order valence-corrected chi connectivity index (χ3v) is 5.14. The van der Waals surface area contributed by atoms with E-state index in [2.05, 4.69) is 4.98 Å². The van der Waals surface area contributed by atoms with Crippen LogP contribution in [0.25, 0.3) is 16.3 Å². The van der Waals surface area contributed by atoms with Crippen LogP contribution in [0.5, 0.6) is 0 Å². The van der Waals surface area contributed by atoms with E-state index in [9.17, 15) is 22.8 Å². The molecule has 10 heteroatoms. The second kappa shape index (κ2) is 6.40. The van der Waals surface area contributed by atoms with Gasteiger partial charge in [0.2, 0.25) is 0 Å². The van der Waals surface area contributed by atoms with Crippen LogP contribution in [0, 0.1) is 13.8 Å². The Bertz CT molecular complexity index is 1060. The number of nitrogens with zero attached hydrogens (tertiary/aromatic N) is 2. The minimum Gasteiger partial charge on any atom is -0.303 e. The average Bonchev–Trinajstić information content (AvgIpc) is 2.86. The van der Waals surface area contributed by atoms with Crippen molar-refractivity contribution in [2.75, 3.05) is 0 Å². The minimum absolute atomic E-state index is 0.0925. The van der Waals surface area contributed by atoms with Gasteiger partial charge in [-0.05, 0) is 32.0 Å². The highest BCUT2D eigenvalue weighted by molar-refractivity contribution is 7.15. The number of aromatic nitrogens is 3. The predicted molar refractivity (Wildman–Crippen MR) is 93.3 cm³/mol. The van der Waals surface area contributed by atoms with E-state index in [0.717, 1.165) is 10.6 Å². The minimum atomic E-state index is -4.82. The Kier molecular flexibility index (Phi) is 4.53. The van der Waals surface area contributed by atoms with Gasteiger partial charge in [-0.15, -0.1) is 11.3 Å². The van der Waals surface area contributed by atoms with Crippen molar-refractivity contribution in [1.29, 1.82) is 0 Å². The van der Waals surface area contributed by atoms with E-state index in [1.54, 1.807) is 4.98 Å². The number of hydrogen-bond acceptors (Lipinski definition) is 4. The van der Waals surface area contributed by atoms with Gasteiger partial charge in [0.15, 0.2) is 0 Å². The molecule has 0 saturated carbocycles. The lowest BCUT2D eigenvalue weighted by Gasteiger charge is -2.10. The lowest BCUT2D eigenvalue weighted by atomic mass is 10.2. The molecule has 2 heterocycles. The monoisotopic (exact) mass is 401 g/mol. The lowest BCUT2D eigenvalue weighted by molar-refractivity contribution is -0.141. The van der Waals surface area contributed by atoms with Gasteiger partial charge in [-0.3, -0.25) is 4.79 Å². The molecule has 26 heavy (non-hydrogen) atoms. The quantitative estimate of drug-likeness (QED) is 0.707. The topological polar surface area (TPSA) is 67.8 Å². The number of benzene rings is 1. The van der Waals surface area contributed by atoms with Gasteiger partial charge in [0.1, 0.15) is 10.7 Å². The van der Waals surface area contributed by atoms with Crippen molar-refractivity contribution >= 4 is 22.9 Å². The van der Waals surface area contributed by atoms with Crippen molar-refractivity contribution in [3.8, 4) is 16.3 Å². The van der Waals surface area contributed by atoms with Gasteiger partial charge in [-0.25, -0.2) is 14.3 Å². The van der Waals surface area contributed by atoms with Gasteiger partial charge in [0.25, 0.3) is 5.56 Å². The van der Waals surface area contributed by atoms with Crippen LogP contribution < -0.4 is 11.2 Å². The zero-order chi connectivity index (χ0) is 19.2. The van der Waals surface area contributed by atoms with Gasteiger partial charge < -0.3 is 4.98 Å². The van der Waals surface area contributed by atoms with Gasteiger partial charge in [0.05, 0.1) is 16.4 Å². The van der Waals surface area contributed by atoms with E-state index < -0.39 is 23.1 Å². The summed E-state index contributed by atoms with van der Waals surface area (Å²) in [6.07, 6.45) is -4.82. The van der Waals surface area contributed by atoms with E-state index >= 15 is 0 Å². The number of nitrogens with one attached hydrogen (secondary N) is 1. The molecule has 0 fully saturated rings. The molecular weight excluding hydrogens is 391 g/mol. The average molecular weight is 402 g/mol. The zero-order valence-electron chi connectivity index (χ0n) is 13.4. The molecule has 0 aliphatic rings. The van der Waals surface area contributed by atoms with Crippen LogP contribution in [-0.2, 0) is 6.18 Å². The number of halogens is 4. The van der Waals surface area contributed by atoms with E-state index in [-0.39, 0.29) is 5.69 Å². The molecular formula is C16H11ClF3N3O2S. The van der Waals surface area contributed by atoms with E-state index in [1.807, 2.05) is 13.8 Å². The van der Waals surface area contributed by atoms with Gasteiger partial charge >= 0.3 is 11.9 Å². The molecule has 0 spiro atoms. The maximum absolute atomic E-state index is 12.7. The fraction of sp³-hybridized carbons (Fsp3) is 0.188. The summed E-state index contributed by atoms with van der Waals surface area (Å²) in [7, 11) is 0. The molecule has 0 radical (unpaired) electrons. The molecule has 3 aromatic rings. The van der Waals surface area contributed by atoms with Crippen LogP contribution in [0.15, 0.2) is 33.9 Å². The Balaban J connectivity index is 2.19. The zero-order valence-corrected chi connectivity index (χ0v) is 15.0. The number of aromatic amines is 1. The first-order valence-corrected chi connectivity index (χ1v) is 8.45. The second-order valence-corrected chi connectivity index (χ2v) is 7.09. The Morgan fingerprint density at radius 1 is 1.19 bits per heavy atom. The van der Waals surface area contributed by atoms with Crippen molar-refractivity contribution in [3.05, 3.63) is 66.4 Å². The molecule has 3 rings (SSSR count). The van der Waals surface area contributed by atoms with E-state index in [0.29, 0.717) is 26.2 Å². The molecule has 0 atom stereocenters. The van der Waals surface area contributed by atoms with E-state index in [4.69, 9.17) is 11.6 Å². The van der Waals surface area contributed by atoms with Crippen molar-refractivity contribution in [3.63, 3.8) is 0 Å². The van der Waals surface area contributed by atoms with Gasteiger partial charge in [-0.1, -0.05) is 11.6 Å². The summed E-state index contributed by atoms with van der Waals surface area (Å²) in [5.74, 6) is 0. The summed E-state index contributed by atoms with van der Waals surface area (Å²) in [4.78, 5) is 31.2. The van der Waals surface area contributed by atoms with Crippen LogP contribution in [0.4, 0.5) is 13.2 Å². The van der Waals surface area contributed by atoms with Gasteiger partial charge in [0, 0.05) is 16.5 Å². The third-order valence-electron chi connectivity index (χ3n) is 3.71. The Labute approximate surface area is 153 Å². The summed E-state index contributed by atoms with van der Waals surface area (Å²) in [6.45, 7) is 3.72. The van der Waals surface area contributed by atoms with Crippen molar-refractivity contribution in [2.45, 2.75) is 20.0 Å². The smallest absolute Gasteiger partial charge is 0.303 e. The summed E-state index contributed by atoms with van der Waals surface area (Å²) in [5.41, 5.74) is -2.29. The molecule has 5 nitrogen and oxygen atoms in total. The van der Waals surface area contributed by atoms with Crippen LogP contribution >= 0.6 is 22.9 Å². The Hall–Kier alpha value is -2.39. The molecule has 2 aromatic heterocycles. The molecule has 1 N–H and O–H groups in total. The summed E-state index contributed by atoms with van der Waals surface area (Å²) in [5, 5.41) is 0.933. The fourth-order valence-electron chi connectivity index (χ4n) is 2.30. The first kappa shape index (κ1) is 18.4. The Morgan fingerprint density at radius 2 is 1.88 bits per heavy atom. The summed E-state index contributed by atoms with van der Waals surface area (Å²) < 4.78 is 38.8. The first-order valence-electron chi connectivity index (χ1n) is 7.26. The number of hydrogen-bond donors (Lipinski definition) is 1. The second-order valence-electron chi connectivity index (χ2n) is 5.48. The Morgan fingerprint density at radius 3 is 2.42 bits per heavy atom. The molecule has 0 saturated heterocycles. The molecule has 136 valence electrons. The van der Waals surface area contributed by atoms with Crippen molar-refractivity contribution < 1.29 is 13.2 Å². The maximum atomic E-state index is 12.7. The van der Waals surface area contributed by atoms with Crippen LogP contribution in [0.3, 0.4) is 0 Å². The predicted octanol–water partition coefficient (Wildman–Crippen LogP) is 3.94. The highest BCUT2D eigenvalue weighted by Crippen LogP contribution is 2.33. The van der Waals surface area contributed by atoms with Gasteiger partial charge in [-0.2, -0.15) is 13.2 Å². The fourth-order valence-corrected chi connectivity index (χ4v) is 3.50. The van der Waals surface area contributed by atoms with Crippen LogP contribution in [0.2, 0.25) is 5.02 Å². The van der Waals surface area contributed by atoms with Crippen LogP contribution in [0.1, 0.15) is 16.3 Å². The third kappa shape index (κ3) is 3.32. The standard InChI is InChI=1S/C16H11ClF3N3O2S/c1-7-8(2)26-14(21-7)10-5-9(3-4-11(10)17)23-13(24)6-12(16(18,19)20)22-15(23)25/h3-6H,1-2H3,(H,22,25). The molecule has 0 unspecified atom stereocenters. The molecule has 0 aliphatic heterocycles. The molecule has 0 aliphatic carbocycles. The van der Waals surface area contributed by atoms with Crippen molar-refractivity contribution in [2.24, 2.45) is 0 Å². The summed E-state index contributed by atoms with van der Waals surface area (Å²) >= 11 is 7.57. The SMILES string of the molecule is Cc1nc(-c2cc(-n3c(=O)cc(C(F)(F)F)[nH]c3=O)ccc2Cl)sc1C. The van der Waals surface area contributed by atoms with Crippen molar-refractivity contribution in [1.82, 2.24) is 14.5 Å². The first-order chi connectivity index (χ1) is 12.1. The highest BCUT2D eigenvalue weighted by Gasteiger charge is 2.33. The number of H-pyrrole nitrogens is 1. The molecule has 0 amide bonds. The number of aryl methyl sites for hydroxylation is 2. The molecule has 1 aromatic carbocycles. The normalized spacial score (nSPS) is 11.8. The number of alkyl halides is 3. The largest absolute Gasteiger partial charge is 0.431 e.